The molecule has 0 unspecified atom stereocenters. The van der Waals surface area contributed by atoms with Crippen LogP contribution in [0.5, 0.6) is 5.75 Å². The molecule has 0 spiro atoms. The molecule has 13 heavy (non-hydrogen) atoms. The smallest absolute Gasteiger partial charge is 0.138 e. The van der Waals surface area contributed by atoms with Crippen molar-refractivity contribution in [2.75, 3.05) is 11.9 Å². The Hall–Kier alpha value is -0.280. The molecule has 0 amide bonds. The topological polar surface area (TPSA) is 9.23 Å². The molecule has 0 heterocycles. The third-order valence-corrected chi connectivity index (χ3v) is 2.29. The Morgan fingerprint density at radius 2 is 2.23 bits per heavy atom. The average molecular weight is 268 g/mol. The van der Waals surface area contributed by atoms with Gasteiger partial charge >= 0.3 is 0 Å². The molecule has 0 aromatic heterocycles. The quantitative estimate of drug-likeness (QED) is 0.598. The molecule has 1 aromatic rings. The molecule has 72 valence electrons. The second kappa shape index (κ2) is 5.45. The van der Waals surface area contributed by atoms with Crippen LogP contribution in [0, 0.1) is 5.82 Å². The fourth-order valence-electron chi connectivity index (χ4n) is 0.829. The minimum Gasteiger partial charge on any atom is -0.492 e. The molecule has 0 aliphatic rings. The largest absolute Gasteiger partial charge is 0.492 e. The number of hydrogen-bond donors (Lipinski definition) is 0. The first-order valence-corrected chi connectivity index (χ1v) is 5.38. The Morgan fingerprint density at radius 3 is 2.85 bits per heavy atom. The van der Waals surface area contributed by atoms with Crippen molar-refractivity contribution in [1.29, 1.82) is 0 Å². The van der Waals surface area contributed by atoms with E-state index in [9.17, 15) is 4.39 Å². The molecule has 0 aliphatic carbocycles. The molecule has 0 aliphatic heterocycles. The molecule has 0 N–H and O–H groups in total. The fourth-order valence-corrected chi connectivity index (χ4v) is 1.28. The predicted octanol–water partition coefficient (Wildman–Crippen LogP) is 3.64. The summed E-state index contributed by atoms with van der Waals surface area (Å²) >= 11 is 9.01. The zero-order valence-corrected chi connectivity index (χ0v) is 9.24. The van der Waals surface area contributed by atoms with Gasteiger partial charge in [0.05, 0.1) is 11.6 Å². The van der Waals surface area contributed by atoms with Crippen molar-refractivity contribution in [2.24, 2.45) is 0 Å². The molecule has 1 nitrogen and oxygen atoms in total. The summed E-state index contributed by atoms with van der Waals surface area (Å²) < 4.78 is 17.9. The molecular formula is C9H9BrClFO. The van der Waals surface area contributed by atoms with Crippen LogP contribution in [0.3, 0.4) is 0 Å². The predicted molar refractivity (Wildman–Crippen MR) is 55.3 cm³/mol. The van der Waals surface area contributed by atoms with Gasteiger partial charge in [-0.05, 0) is 24.6 Å². The Labute approximate surface area is 90.0 Å². The molecule has 0 saturated carbocycles. The normalized spacial score (nSPS) is 10.1. The highest BCUT2D eigenvalue weighted by Gasteiger charge is 2.01. The van der Waals surface area contributed by atoms with E-state index in [1.165, 1.54) is 18.2 Å². The van der Waals surface area contributed by atoms with Gasteiger partial charge in [0, 0.05) is 5.33 Å². The molecule has 1 rings (SSSR count). The van der Waals surface area contributed by atoms with Crippen molar-refractivity contribution >= 4 is 27.5 Å². The Kier molecular flexibility index (Phi) is 4.53. The summed E-state index contributed by atoms with van der Waals surface area (Å²) in [6.07, 6.45) is 0.897. The lowest BCUT2D eigenvalue weighted by molar-refractivity contribution is 0.319. The second-order valence-corrected chi connectivity index (χ2v) is 3.67. The van der Waals surface area contributed by atoms with Crippen LogP contribution in [0.2, 0.25) is 5.02 Å². The molecule has 1 aromatic carbocycles. The lowest BCUT2D eigenvalue weighted by Gasteiger charge is -2.06. The van der Waals surface area contributed by atoms with Crippen LogP contribution < -0.4 is 4.74 Å². The number of halogens is 3. The maximum Gasteiger partial charge on any atom is 0.138 e. The first-order chi connectivity index (χ1) is 6.24. The monoisotopic (exact) mass is 266 g/mol. The van der Waals surface area contributed by atoms with E-state index in [1.807, 2.05) is 0 Å². The van der Waals surface area contributed by atoms with E-state index in [-0.39, 0.29) is 5.82 Å². The summed E-state index contributed by atoms with van der Waals surface area (Å²) in [5.74, 6) is 0.182. The first kappa shape index (κ1) is 10.8. The zero-order valence-electron chi connectivity index (χ0n) is 6.90. The van der Waals surface area contributed by atoms with E-state index in [0.29, 0.717) is 17.4 Å². The van der Waals surface area contributed by atoms with Crippen molar-refractivity contribution in [3.8, 4) is 5.75 Å². The Bertz CT molecular complexity index is 280. The van der Waals surface area contributed by atoms with Crippen molar-refractivity contribution in [1.82, 2.24) is 0 Å². The van der Waals surface area contributed by atoms with Crippen molar-refractivity contribution in [2.45, 2.75) is 6.42 Å². The minimum atomic E-state index is -0.349. The summed E-state index contributed by atoms with van der Waals surface area (Å²) in [5.41, 5.74) is 0. The van der Waals surface area contributed by atoms with Crippen LogP contribution in [0.1, 0.15) is 6.42 Å². The molecule has 0 atom stereocenters. The minimum absolute atomic E-state index is 0.314. The van der Waals surface area contributed by atoms with E-state index in [1.54, 1.807) is 0 Å². The third-order valence-electron chi connectivity index (χ3n) is 1.43. The number of benzene rings is 1. The van der Waals surface area contributed by atoms with E-state index in [4.69, 9.17) is 16.3 Å². The summed E-state index contributed by atoms with van der Waals surface area (Å²) in [6.45, 7) is 0.580. The van der Waals surface area contributed by atoms with Gasteiger partial charge in [-0.25, -0.2) is 4.39 Å². The lowest BCUT2D eigenvalue weighted by atomic mass is 10.3. The van der Waals surface area contributed by atoms with Gasteiger partial charge in [0.25, 0.3) is 0 Å². The number of alkyl halides is 1. The Morgan fingerprint density at radius 1 is 1.46 bits per heavy atom. The fraction of sp³-hybridized carbons (Fsp3) is 0.333. The first-order valence-electron chi connectivity index (χ1n) is 3.88. The van der Waals surface area contributed by atoms with Crippen molar-refractivity contribution in [3.63, 3.8) is 0 Å². The van der Waals surface area contributed by atoms with Gasteiger partial charge in [0.2, 0.25) is 0 Å². The summed E-state index contributed by atoms with van der Waals surface area (Å²) in [4.78, 5) is 0. The van der Waals surface area contributed by atoms with Crippen LogP contribution in [0.4, 0.5) is 4.39 Å². The molecular weight excluding hydrogens is 258 g/mol. The SMILES string of the molecule is Fc1ccc(OCCCBr)c(Cl)c1. The highest BCUT2D eigenvalue weighted by atomic mass is 79.9. The van der Waals surface area contributed by atoms with Gasteiger partial charge in [0.15, 0.2) is 0 Å². The van der Waals surface area contributed by atoms with E-state index in [2.05, 4.69) is 15.9 Å². The molecule has 0 saturated heterocycles. The Balaban J connectivity index is 2.56. The second-order valence-electron chi connectivity index (χ2n) is 2.47. The van der Waals surface area contributed by atoms with Crippen LogP contribution in [0.25, 0.3) is 0 Å². The van der Waals surface area contributed by atoms with Gasteiger partial charge in [-0.15, -0.1) is 0 Å². The van der Waals surface area contributed by atoms with Crippen LogP contribution in [-0.2, 0) is 0 Å². The maximum atomic E-state index is 12.6. The average Bonchev–Trinajstić information content (AvgIpc) is 2.09. The lowest BCUT2D eigenvalue weighted by Crippen LogP contribution is -1.98. The maximum absolute atomic E-state index is 12.6. The van der Waals surface area contributed by atoms with Crippen LogP contribution in [-0.4, -0.2) is 11.9 Å². The van der Waals surface area contributed by atoms with Crippen LogP contribution >= 0.6 is 27.5 Å². The highest BCUT2D eigenvalue weighted by Crippen LogP contribution is 2.24. The van der Waals surface area contributed by atoms with Gasteiger partial charge in [0.1, 0.15) is 11.6 Å². The summed E-state index contributed by atoms with van der Waals surface area (Å²) in [5, 5.41) is 1.20. The van der Waals surface area contributed by atoms with E-state index < -0.39 is 0 Å². The molecule has 4 heteroatoms. The molecule has 0 fully saturated rings. The van der Waals surface area contributed by atoms with Gasteiger partial charge in [-0.3, -0.25) is 0 Å². The number of ether oxygens (including phenoxy) is 1. The van der Waals surface area contributed by atoms with Crippen LogP contribution in [0.15, 0.2) is 18.2 Å². The summed E-state index contributed by atoms with van der Waals surface area (Å²) in [6, 6.07) is 4.10. The number of rotatable bonds is 4. The highest BCUT2D eigenvalue weighted by molar-refractivity contribution is 9.09. The zero-order chi connectivity index (χ0) is 9.68. The standard InChI is InChI=1S/C9H9BrClFO/c10-4-1-5-13-9-3-2-7(12)6-8(9)11/h2-3,6H,1,4-5H2. The summed E-state index contributed by atoms with van der Waals surface area (Å²) in [7, 11) is 0. The van der Waals surface area contributed by atoms with Gasteiger partial charge in [-0.2, -0.15) is 0 Å². The van der Waals surface area contributed by atoms with E-state index >= 15 is 0 Å². The third kappa shape index (κ3) is 3.53. The molecule has 0 bridgehead atoms. The van der Waals surface area contributed by atoms with E-state index in [0.717, 1.165) is 11.8 Å². The van der Waals surface area contributed by atoms with Gasteiger partial charge in [-0.1, -0.05) is 27.5 Å². The van der Waals surface area contributed by atoms with Gasteiger partial charge < -0.3 is 4.74 Å². The number of hydrogen-bond acceptors (Lipinski definition) is 1. The molecule has 0 radical (unpaired) electrons. The van der Waals surface area contributed by atoms with Crippen molar-refractivity contribution < 1.29 is 9.13 Å². The van der Waals surface area contributed by atoms with Crippen molar-refractivity contribution in [3.05, 3.63) is 29.0 Å².